The van der Waals surface area contributed by atoms with Gasteiger partial charge in [0.05, 0.1) is 0 Å². The zero-order valence-electron chi connectivity index (χ0n) is 15.6. The highest BCUT2D eigenvalue weighted by Crippen LogP contribution is 2.50. The number of ether oxygens (including phenoxy) is 1. The summed E-state index contributed by atoms with van der Waals surface area (Å²) in [6.45, 7) is -4.12. The molecule has 5 atom stereocenters. The average Bonchev–Trinajstić information content (AvgIpc) is 3.15. The van der Waals surface area contributed by atoms with Crippen molar-refractivity contribution in [3.8, 4) is 0 Å². The summed E-state index contributed by atoms with van der Waals surface area (Å²) in [5.74, 6) is -5.40. The molecule has 0 aromatic rings. The molecule has 0 spiro atoms. The molecular weight excluding hydrogens is 490 g/mol. The third-order valence-corrected chi connectivity index (χ3v) is 5.32. The predicted molar refractivity (Wildman–Crippen MR) is 77.8 cm³/mol. The first-order valence-corrected chi connectivity index (χ1v) is 8.93. The maximum Gasteiger partial charge on any atom is 0.460 e. The molecular formula is C15H16F14N2O. The maximum absolute atomic E-state index is 15.0. The fourth-order valence-electron chi connectivity index (χ4n) is 3.55. The smallest absolute Gasteiger partial charge is 0.365 e. The minimum Gasteiger partial charge on any atom is -0.365 e. The molecule has 0 N–H and O–H groups in total. The Bertz CT molecular complexity index is 642. The van der Waals surface area contributed by atoms with Crippen LogP contribution in [-0.4, -0.2) is 90.9 Å². The summed E-state index contributed by atoms with van der Waals surface area (Å²) in [5, 5.41) is 0. The van der Waals surface area contributed by atoms with Gasteiger partial charge >= 0.3 is 24.6 Å². The molecule has 0 aromatic carbocycles. The van der Waals surface area contributed by atoms with Crippen molar-refractivity contribution in [2.75, 3.05) is 26.2 Å². The highest BCUT2D eigenvalue weighted by molar-refractivity contribution is 5.06. The fourth-order valence-corrected chi connectivity index (χ4v) is 3.55. The second kappa shape index (κ2) is 8.60. The number of alkyl halides is 14. The summed E-state index contributed by atoms with van der Waals surface area (Å²) >= 11 is 0. The lowest BCUT2D eigenvalue weighted by molar-refractivity contribution is -0.318. The van der Waals surface area contributed by atoms with Crippen LogP contribution in [0.5, 0.6) is 0 Å². The Balaban J connectivity index is 2.22. The number of piperazine rings is 1. The largest absolute Gasteiger partial charge is 0.460 e. The molecule has 3 nitrogen and oxygen atoms in total. The second-order valence-electron chi connectivity index (χ2n) is 7.36. The van der Waals surface area contributed by atoms with Crippen molar-refractivity contribution in [3.63, 3.8) is 0 Å². The minimum atomic E-state index is -6.15. The number of hydrogen-bond donors (Lipinski definition) is 0. The Morgan fingerprint density at radius 3 is 1.56 bits per heavy atom. The molecule has 0 amide bonds. The van der Waals surface area contributed by atoms with E-state index in [4.69, 9.17) is 0 Å². The van der Waals surface area contributed by atoms with Crippen LogP contribution in [0.4, 0.5) is 61.5 Å². The zero-order chi connectivity index (χ0) is 24.9. The van der Waals surface area contributed by atoms with E-state index in [0.717, 1.165) is 0 Å². The zero-order valence-corrected chi connectivity index (χ0v) is 15.6. The summed E-state index contributed by atoms with van der Waals surface area (Å²) < 4.78 is 189. The molecule has 5 unspecified atom stereocenters. The number of nitrogens with zero attached hydrogens (tertiary/aromatic N) is 2. The summed E-state index contributed by atoms with van der Waals surface area (Å²) in [7, 11) is 0. The monoisotopic (exact) mass is 506 g/mol. The van der Waals surface area contributed by atoms with Crippen LogP contribution in [0.25, 0.3) is 0 Å². The van der Waals surface area contributed by atoms with Crippen LogP contribution in [0, 0.1) is 0 Å². The van der Waals surface area contributed by atoms with Crippen molar-refractivity contribution in [1.29, 1.82) is 0 Å². The third kappa shape index (κ3) is 5.03. The molecule has 2 aliphatic rings. The topological polar surface area (TPSA) is 15.7 Å². The summed E-state index contributed by atoms with van der Waals surface area (Å²) in [6.07, 6.45) is -34.6. The van der Waals surface area contributed by atoms with Crippen LogP contribution in [0.15, 0.2) is 0 Å². The van der Waals surface area contributed by atoms with Gasteiger partial charge in [-0.1, -0.05) is 0 Å². The molecule has 0 aliphatic carbocycles. The van der Waals surface area contributed by atoms with Gasteiger partial charge in [-0.3, -0.25) is 4.90 Å². The van der Waals surface area contributed by atoms with Crippen molar-refractivity contribution >= 4 is 0 Å². The van der Waals surface area contributed by atoms with Gasteiger partial charge in [-0.25, -0.2) is 26.9 Å². The molecule has 2 fully saturated rings. The fraction of sp³-hybridized carbons (Fsp3) is 1.00. The van der Waals surface area contributed by atoms with Gasteiger partial charge in [-0.15, -0.1) is 0 Å². The van der Waals surface area contributed by atoms with E-state index >= 15 is 4.39 Å². The number of rotatable bonds is 5. The van der Waals surface area contributed by atoms with Crippen LogP contribution in [0.3, 0.4) is 0 Å². The average molecular weight is 506 g/mol. The Morgan fingerprint density at radius 2 is 1.16 bits per heavy atom. The van der Waals surface area contributed by atoms with E-state index in [0.29, 0.717) is 0 Å². The van der Waals surface area contributed by atoms with Crippen molar-refractivity contribution in [2.45, 2.75) is 67.8 Å². The summed E-state index contributed by atoms with van der Waals surface area (Å²) in [4.78, 5) is -0.122. The molecule has 0 saturated carbocycles. The molecule has 0 bridgehead atoms. The first-order valence-electron chi connectivity index (χ1n) is 8.93. The highest BCUT2D eigenvalue weighted by Gasteiger charge is 2.71. The maximum atomic E-state index is 15.0. The van der Waals surface area contributed by atoms with Crippen molar-refractivity contribution in [3.05, 3.63) is 0 Å². The molecule has 190 valence electrons. The SMILES string of the molecule is FC(C(F)(F)F)C(F)(F)C1CCC(C(F)(C(F)N2CCN(C(F)(F)F)CC2)C(F)(F)F)O1. The van der Waals surface area contributed by atoms with Gasteiger partial charge in [0, 0.05) is 26.2 Å². The van der Waals surface area contributed by atoms with Gasteiger partial charge in [0.25, 0.3) is 11.8 Å². The summed E-state index contributed by atoms with van der Waals surface area (Å²) in [6, 6.07) is 0. The van der Waals surface area contributed by atoms with E-state index in [-0.39, 0.29) is 9.80 Å². The van der Waals surface area contributed by atoms with E-state index in [1.54, 1.807) is 0 Å². The standard InChI is InChI=1S/C15H16F14N2O/c16-9(13(21,22)23)12(19,20)8-2-1-7(32-8)11(18,14(24,25)26)10(17)30-3-5-31(6-4-30)15(27,28)29/h7-10H,1-6H2. The van der Waals surface area contributed by atoms with Gasteiger partial charge < -0.3 is 4.74 Å². The van der Waals surface area contributed by atoms with E-state index < -0.39 is 93.9 Å². The molecule has 0 aromatic heterocycles. The predicted octanol–water partition coefficient (Wildman–Crippen LogP) is 4.77. The Hall–Kier alpha value is -1.10. The quantitative estimate of drug-likeness (QED) is 0.395. The van der Waals surface area contributed by atoms with Crippen molar-refractivity contribution in [1.82, 2.24) is 9.80 Å². The van der Waals surface area contributed by atoms with Gasteiger partial charge in [0.2, 0.25) is 0 Å². The van der Waals surface area contributed by atoms with E-state index in [2.05, 4.69) is 4.74 Å². The molecule has 17 heteroatoms. The van der Waals surface area contributed by atoms with Gasteiger partial charge in [0.15, 0.2) is 6.30 Å². The van der Waals surface area contributed by atoms with Crippen molar-refractivity contribution in [2.24, 2.45) is 0 Å². The van der Waals surface area contributed by atoms with Crippen molar-refractivity contribution < 1.29 is 66.2 Å². The van der Waals surface area contributed by atoms with Crippen LogP contribution in [-0.2, 0) is 4.74 Å². The van der Waals surface area contributed by atoms with Crippen LogP contribution < -0.4 is 0 Å². The Kier molecular flexibility index (Phi) is 7.29. The third-order valence-electron chi connectivity index (χ3n) is 5.32. The van der Waals surface area contributed by atoms with E-state index in [1.807, 2.05) is 0 Å². The van der Waals surface area contributed by atoms with E-state index in [9.17, 15) is 57.1 Å². The minimum absolute atomic E-state index is 0.0538. The number of hydrogen-bond acceptors (Lipinski definition) is 3. The van der Waals surface area contributed by atoms with Gasteiger partial charge in [-0.05, 0) is 12.8 Å². The van der Waals surface area contributed by atoms with Crippen LogP contribution >= 0.6 is 0 Å². The lowest BCUT2D eigenvalue weighted by Crippen LogP contribution is -2.65. The van der Waals surface area contributed by atoms with Gasteiger partial charge in [0.1, 0.15) is 12.2 Å². The molecule has 2 saturated heterocycles. The molecule has 2 heterocycles. The lowest BCUT2D eigenvalue weighted by Gasteiger charge is -2.43. The normalized spacial score (nSPS) is 29.1. The Morgan fingerprint density at radius 1 is 0.688 bits per heavy atom. The first-order chi connectivity index (χ1) is 14.2. The Labute approximate surface area is 171 Å². The highest BCUT2D eigenvalue weighted by atomic mass is 19.4. The van der Waals surface area contributed by atoms with Gasteiger partial charge in [-0.2, -0.15) is 39.5 Å². The molecule has 2 rings (SSSR count). The lowest BCUT2D eigenvalue weighted by atomic mass is 9.92. The molecule has 2 aliphatic heterocycles. The second-order valence-corrected chi connectivity index (χ2v) is 7.36. The van der Waals surface area contributed by atoms with E-state index in [1.165, 1.54) is 0 Å². The molecule has 0 radical (unpaired) electrons. The summed E-state index contributed by atoms with van der Waals surface area (Å²) in [5.41, 5.74) is -5.08. The van der Waals surface area contributed by atoms with Crippen LogP contribution in [0.1, 0.15) is 12.8 Å². The van der Waals surface area contributed by atoms with Crippen LogP contribution in [0.2, 0.25) is 0 Å². The number of halogens is 14. The first kappa shape index (κ1) is 27.1. The molecule has 32 heavy (non-hydrogen) atoms.